The van der Waals surface area contributed by atoms with E-state index >= 15 is 0 Å². The van der Waals surface area contributed by atoms with Gasteiger partial charge in [-0.1, -0.05) is 67.0 Å². The molecular weight excluding hydrogens is 352 g/mol. The predicted molar refractivity (Wildman–Crippen MR) is 107 cm³/mol. The van der Waals surface area contributed by atoms with E-state index in [1.807, 2.05) is 6.07 Å². The first-order valence-corrected chi connectivity index (χ1v) is 9.69. The Morgan fingerprint density at radius 3 is 2.72 bits per heavy atom. The van der Waals surface area contributed by atoms with Gasteiger partial charge in [-0.25, -0.2) is 4.98 Å². The monoisotopic (exact) mass is 372 g/mol. The topological polar surface area (TPSA) is 34.9 Å². The van der Waals surface area contributed by atoms with Crippen molar-refractivity contribution in [3.05, 3.63) is 69.0 Å². The van der Waals surface area contributed by atoms with Crippen molar-refractivity contribution >= 4 is 34.3 Å². The van der Waals surface area contributed by atoms with Crippen LogP contribution in [0, 0.1) is 12.8 Å². The molecule has 130 valence electrons. The normalized spacial score (nSPS) is 11.4. The summed E-state index contributed by atoms with van der Waals surface area (Å²) in [5.74, 6) is 1.14. The third-order valence-corrected chi connectivity index (χ3v) is 5.16. The quantitative estimate of drug-likeness (QED) is 0.450. The summed E-state index contributed by atoms with van der Waals surface area (Å²) in [7, 11) is 0. The molecule has 0 aliphatic carbocycles. The van der Waals surface area contributed by atoms with Gasteiger partial charge in [-0.3, -0.25) is 9.36 Å². The average Bonchev–Trinajstić information content (AvgIpc) is 2.56. The van der Waals surface area contributed by atoms with Crippen LogP contribution in [0.2, 0.25) is 5.02 Å². The molecule has 1 heterocycles. The van der Waals surface area contributed by atoms with Crippen molar-refractivity contribution in [1.82, 2.24) is 9.55 Å². The van der Waals surface area contributed by atoms with Crippen LogP contribution in [0.3, 0.4) is 0 Å². The van der Waals surface area contributed by atoms with Crippen LogP contribution >= 0.6 is 23.4 Å². The highest BCUT2D eigenvalue weighted by atomic mass is 35.5. The van der Waals surface area contributed by atoms with Crippen LogP contribution in [-0.2, 0) is 12.3 Å². The number of hydrogen-bond acceptors (Lipinski definition) is 3. The lowest BCUT2D eigenvalue weighted by molar-refractivity contribution is 0.475. The Bertz CT molecular complexity index is 966. The standard InChI is InChI=1S/C20H21ClN2OS/c1-13(2)11-23-19(24)17-10-16(21)7-8-18(17)22-20(23)25-12-15-6-4-5-14(3)9-15/h4-10,13H,11-12H2,1-3H3. The van der Waals surface area contributed by atoms with Crippen LogP contribution in [0.25, 0.3) is 10.9 Å². The third kappa shape index (κ3) is 4.25. The maximum Gasteiger partial charge on any atom is 0.262 e. The molecule has 2 aromatic carbocycles. The van der Waals surface area contributed by atoms with Gasteiger partial charge in [0.25, 0.3) is 5.56 Å². The van der Waals surface area contributed by atoms with Gasteiger partial charge < -0.3 is 0 Å². The Morgan fingerprint density at radius 1 is 1.20 bits per heavy atom. The molecule has 0 aliphatic rings. The van der Waals surface area contributed by atoms with E-state index in [-0.39, 0.29) is 5.56 Å². The van der Waals surface area contributed by atoms with E-state index in [1.165, 1.54) is 11.1 Å². The molecule has 0 bridgehead atoms. The maximum atomic E-state index is 13.0. The van der Waals surface area contributed by atoms with Crippen molar-refractivity contribution in [2.45, 2.75) is 38.2 Å². The van der Waals surface area contributed by atoms with Crippen LogP contribution in [-0.4, -0.2) is 9.55 Å². The summed E-state index contributed by atoms with van der Waals surface area (Å²) in [6, 6.07) is 13.7. The molecule has 3 nitrogen and oxygen atoms in total. The molecule has 0 saturated carbocycles. The second kappa shape index (κ2) is 7.63. The minimum absolute atomic E-state index is 0.0204. The fourth-order valence-corrected chi connectivity index (χ4v) is 3.88. The molecule has 0 unspecified atom stereocenters. The molecule has 0 saturated heterocycles. The molecule has 0 N–H and O–H groups in total. The van der Waals surface area contributed by atoms with Crippen molar-refractivity contribution in [3.63, 3.8) is 0 Å². The average molecular weight is 373 g/mol. The minimum atomic E-state index is -0.0204. The van der Waals surface area contributed by atoms with E-state index in [2.05, 4.69) is 45.0 Å². The number of benzene rings is 2. The van der Waals surface area contributed by atoms with Crippen molar-refractivity contribution in [2.75, 3.05) is 0 Å². The zero-order valence-corrected chi connectivity index (χ0v) is 16.2. The summed E-state index contributed by atoms with van der Waals surface area (Å²) in [4.78, 5) is 17.7. The van der Waals surface area contributed by atoms with Crippen LogP contribution in [0.15, 0.2) is 52.4 Å². The van der Waals surface area contributed by atoms with Crippen LogP contribution < -0.4 is 5.56 Å². The zero-order chi connectivity index (χ0) is 18.0. The highest BCUT2D eigenvalue weighted by Crippen LogP contribution is 2.24. The highest BCUT2D eigenvalue weighted by Gasteiger charge is 2.13. The van der Waals surface area contributed by atoms with E-state index in [9.17, 15) is 4.79 Å². The molecule has 5 heteroatoms. The van der Waals surface area contributed by atoms with Gasteiger partial charge in [0.05, 0.1) is 10.9 Å². The first-order valence-electron chi connectivity index (χ1n) is 8.32. The number of aryl methyl sites for hydroxylation is 1. The van der Waals surface area contributed by atoms with Crippen LogP contribution in [0.5, 0.6) is 0 Å². The summed E-state index contributed by atoms with van der Waals surface area (Å²) in [6.45, 7) is 6.93. The molecular formula is C20H21ClN2OS. The SMILES string of the molecule is Cc1cccc(CSc2nc3ccc(Cl)cc3c(=O)n2CC(C)C)c1. The molecule has 0 amide bonds. The van der Waals surface area contributed by atoms with E-state index in [4.69, 9.17) is 16.6 Å². The van der Waals surface area contributed by atoms with E-state index in [0.29, 0.717) is 28.4 Å². The molecule has 0 spiro atoms. The molecule has 1 aromatic heterocycles. The Kier molecular flexibility index (Phi) is 5.50. The second-order valence-electron chi connectivity index (χ2n) is 6.64. The summed E-state index contributed by atoms with van der Waals surface area (Å²) in [5.41, 5.74) is 3.14. The van der Waals surface area contributed by atoms with Crippen molar-refractivity contribution in [2.24, 2.45) is 5.92 Å². The number of halogens is 1. The second-order valence-corrected chi connectivity index (χ2v) is 8.02. The maximum absolute atomic E-state index is 13.0. The lowest BCUT2D eigenvalue weighted by Crippen LogP contribution is -2.25. The molecule has 0 fully saturated rings. The van der Waals surface area contributed by atoms with Gasteiger partial charge in [0.15, 0.2) is 5.16 Å². The fourth-order valence-electron chi connectivity index (χ4n) is 2.76. The summed E-state index contributed by atoms with van der Waals surface area (Å²) in [6.07, 6.45) is 0. The van der Waals surface area contributed by atoms with Gasteiger partial charge >= 0.3 is 0 Å². The molecule has 0 radical (unpaired) electrons. The van der Waals surface area contributed by atoms with Gasteiger partial charge in [-0.15, -0.1) is 0 Å². The largest absolute Gasteiger partial charge is 0.287 e. The minimum Gasteiger partial charge on any atom is -0.287 e. The summed E-state index contributed by atoms with van der Waals surface area (Å²) < 4.78 is 1.78. The summed E-state index contributed by atoms with van der Waals surface area (Å²) in [5, 5.41) is 1.89. The number of fused-ring (bicyclic) bond motifs is 1. The molecule has 0 aliphatic heterocycles. The number of hydrogen-bond donors (Lipinski definition) is 0. The van der Waals surface area contributed by atoms with Gasteiger partial charge in [0, 0.05) is 17.3 Å². The highest BCUT2D eigenvalue weighted by molar-refractivity contribution is 7.98. The van der Waals surface area contributed by atoms with Crippen LogP contribution in [0.1, 0.15) is 25.0 Å². The van der Waals surface area contributed by atoms with Crippen molar-refractivity contribution < 1.29 is 0 Å². The predicted octanol–water partition coefficient (Wildman–Crippen LogP) is 5.31. The van der Waals surface area contributed by atoms with Crippen molar-refractivity contribution in [1.29, 1.82) is 0 Å². The number of nitrogens with zero attached hydrogens (tertiary/aromatic N) is 2. The number of aromatic nitrogens is 2. The first kappa shape index (κ1) is 18.0. The van der Waals surface area contributed by atoms with Gasteiger partial charge in [-0.05, 0) is 36.6 Å². The van der Waals surface area contributed by atoms with Gasteiger partial charge in [-0.2, -0.15) is 0 Å². The number of rotatable bonds is 5. The smallest absolute Gasteiger partial charge is 0.262 e. The van der Waals surface area contributed by atoms with E-state index in [0.717, 1.165) is 10.9 Å². The Balaban J connectivity index is 2.02. The first-order chi connectivity index (χ1) is 11.9. The van der Waals surface area contributed by atoms with Crippen LogP contribution in [0.4, 0.5) is 0 Å². The molecule has 0 atom stereocenters. The molecule has 3 aromatic rings. The third-order valence-electron chi connectivity index (χ3n) is 3.88. The number of thioether (sulfide) groups is 1. The Labute approximate surface area is 157 Å². The Hall–Kier alpha value is -1.78. The van der Waals surface area contributed by atoms with Gasteiger partial charge in [0.2, 0.25) is 0 Å². The fraction of sp³-hybridized carbons (Fsp3) is 0.300. The van der Waals surface area contributed by atoms with Gasteiger partial charge in [0.1, 0.15) is 0 Å². The molecule has 3 rings (SSSR count). The van der Waals surface area contributed by atoms with Crippen molar-refractivity contribution in [3.8, 4) is 0 Å². The van der Waals surface area contributed by atoms with E-state index in [1.54, 1.807) is 28.5 Å². The Morgan fingerprint density at radius 2 is 2.00 bits per heavy atom. The lowest BCUT2D eigenvalue weighted by Gasteiger charge is -2.15. The lowest BCUT2D eigenvalue weighted by atomic mass is 10.2. The zero-order valence-electron chi connectivity index (χ0n) is 14.6. The van der Waals surface area contributed by atoms with E-state index < -0.39 is 0 Å². The molecule has 25 heavy (non-hydrogen) atoms. The summed E-state index contributed by atoms with van der Waals surface area (Å²) >= 11 is 7.67.